The van der Waals surface area contributed by atoms with E-state index in [1.165, 1.54) is 0 Å². The second-order valence-electron chi connectivity index (χ2n) is 4.40. The van der Waals surface area contributed by atoms with Crippen LogP contribution in [0.15, 0.2) is 40.6 Å². The zero-order valence-electron chi connectivity index (χ0n) is 11.5. The van der Waals surface area contributed by atoms with Gasteiger partial charge in [0.2, 0.25) is 0 Å². The van der Waals surface area contributed by atoms with Crippen molar-refractivity contribution >= 4 is 50.7 Å². The van der Waals surface area contributed by atoms with E-state index in [4.69, 9.17) is 11.6 Å². The number of thiophene rings is 1. The molecule has 1 aromatic carbocycles. The molecule has 0 saturated carbocycles. The van der Waals surface area contributed by atoms with Gasteiger partial charge in [0.25, 0.3) is 0 Å². The summed E-state index contributed by atoms with van der Waals surface area (Å²) < 4.78 is 0. The summed E-state index contributed by atoms with van der Waals surface area (Å²) in [6, 6.07) is 9.90. The van der Waals surface area contributed by atoms with Gasteiger partial charge in [0.15, 0.2) is 0 Å². The van der Waals surface area contributed by atoms with Crippen LogP contribution in [-0.4, -0.2) is 16.5 Å². The molecule has 0 spiro atoms. The minimum Gasteiger partial charge on any atom is -0.370 e. The summed E-state index contributed by atoms with van der Waals surface area (Å²) in [5.41, 5.74) is 0. The molecule has 3 rings (SSSR count). The van der Waals surface area contributed by atoms with Gasteiger partial charge in [-0.05, 0) is 36.6 Å². The summed E-state index contributed by atoms with van der Waals surface area (Å²) in [6.07, 6.45) is 0. The second-order valence-corrected chi connectivity index (χ2v) is 6.78. The van der Waals surface area contributed by atoms with Crippen LogP contribution < -0.4 is 5.32 Å². The van der Waals surface area contributed by atoms with Crippen molar-refractivity contribution in [2.24, 2.45) is 0 Å². The number of halogens is 1. The quantitative estimate of drug-likeness (QED) is 0.661. The van der Waals surface area contributed by atoms with E-state index in [2.05, 4.69) is 28.3 Å². The van der Waals surface area contributed by atoms with E-state index >= 15 is 0 Å². The first-order valence-corrected chi connectivity index (χ1v) is 8.87. The first-order chi connectivity index (χ1) is 10.3. The number of aromatic nitrogens is 2. The van der Waals surface area contributed by atoms with Gasteiger partial charge < -0.3 is 5.32 Å². The Morgan fingerprint density at radius 1 is 1.29 bits per heavy atom. The number of anilines is 1. The molecule has 6 heteroatoms. The average Bonchev–Trinajstić information content (AvgIpc) is 2.94. The number of nitrogens with one attached hydrogen (secondary N) is 1. The van der Waals surface area contributed by atoms with Gasteiger partial charge in [-0.15, -0.1) is 23.1 Å². The molecule has 0 aliphatic rings. The van der Waals surface area contributed by atoms with Crippen LogP contribution in [0.4, 0.5) is 5.82 Å². The fourth-order valence-electron chi connectivity index (χ4n) is 1.97. The van der Waals surface area contributed by atoms with Crippen molar-refractivity contribution < 1.29 is 0 Å². The highest BCUT2D eigenvalue weighted by molar-refractivity contribution is 7.98. The van der Waals surface area contributed by atoms with E-state index in [0.717, 1.165) is 44.1 Å². The van der Waals surface area contributed by atoms with Crippen molar-refractivity contribution in [1.82, 2.24) is 9.97 Å². The monoisotopic (exact) mass is 335 g/mol. The summed E-state index contributed by atoms with van der Waals surface area (Å²) in [5.74, 6) is 2.49. The lowest BCUT2D eigenvalue weighted by Crippen LogP contribution is -2.03. The molecular weight excluding hydrogens is 322 g/mol. The molecule has 1 N–H and O–H groups in total. The summed E-state index contributed by atoms with van der Waals surface area (Å²) in [7, 11) is 0. The third-order valence-corrected chi connectivity index (χ3v) is 4.91. The molecule has 3 aromatic rings. The van der Waals surface area contributed by atoms with Crippen LogP contribution in [0.1, 0.15) is 12.7 Å². The molecule has 0 unspecified atom stereocenters. The third kappa shape index (κ3) is 3.48. The van der Waals surface area contributed by atoms with Crippen LogP contribution in [-0.2, 0) is 5.75 Å². The Kier molecular flexibility index (Phi) is 4.63. The Hall–Kier alpha value is -1.30. The van der Waals surface area contributed by atoms with E-state index in [0.29, 0.717) is 0 Å². The van der Waals surface area contributed by atoms with Crippen LogP contribution in [0.25, 0.3) is 10.2 Å². The Balaban J connectivity index is 1.83. The van der Waals surface area contributed by atoms with Crippen molar-refractivity contribution in [3.63, 3.8) is 0 Å². The minimum atomic E-state index is 0.729. The van der Waals surface area contributed by atoms with E-state index in [-0.39, 0.29) is 0 Å². The highest BCUT2D eigenvalue weighted by Gasteiger charge is 2.08. The van der Waals surface area contributed by atoms with Crippen LogP contribution in [0.2, 0.25) is 5.02 Å². The molecule has 2 heterocycles. The average molecular weight is 336 g/mol. The summed E-state index contributed by atoms with van der Waals surface area (Å²) >= 11 is 9.34. The number of hydrogen-bond acceptors (Lipinski definition) is 5. The molecule has 3 nitrogen and oxygen atoms in total. The van der Waals surface area contributed by atoms with Crippen molar-refractivity contribution in [2.45, 2.75) is 17.6 Å². The predicted octanol–water partition coefficient (Wildman–Crippen LogP) is 5.07. The Labute approximate surface area is 136 Å². The molecule has 0 fully saturated rings. The Morgan fingerprint density at radius 3 is 3.00 bits per heavy atom. The SMILES string of the molecule is CCNc1nc(CSc2cccc(Cl)c2)nc2sccc12. The highest BCUT2D eigenvalue weighted by Crippen LogP contribution is 2.28. The van der Waals surface area contributed by atoms with Crippen molar-refractivity contribution in [3.8, 4) is 0 Å². The number of hydrogen-bond donors (Lipinski definition) is 1. The van der Waals surface area contributed by atoms with Crippen molar-refractivity contribution in [3.05, 3.63) is 46.6 Å². The van der Waals surface area contributed by atoms with Gasteiger partial charge in [-0.3, -0.25) is 0 Å². The van der Waals surface area contributed by atoms with Crippen LogP contribution in [0.5, 0.6) is 0 Å². The zero-order chi connectivity index (χ0) is 14.7. The molecule has 0 aliphatic carbocycles. The molecule has 0 atom stereocenters. The van der Waals surface area contributed by atoms with Gasteiger partial charge in [0.05, 0.1) is 11.1 Å². The number of fused-ring (bicyclic) bond motifs is 1. The van der Waals surface area contributed by atoms with Gasteiger partial charge >= 0.3 is 0 Å². The summed E-state index contributed by atoms with van der Waals surface area (Å²) in [4.78, 5) is 11.4. The fourth-order valence-corrected chi connectivity index (χ4v) is 3.82. The van der Waals surface area contributed by atoms with Crippen molar-refractivity contribution in [2.75, 3.05) is 11.9 Å². The van der Waals surface area contributed by atoms with Crippen molar-refractivity contribution in [1.29, 1.82) is 0 Å². The number of thioether (sulfide) groups is 1. The molecule has 0 amide bonds. The lowest BCUT2D eigenvalue weighted by Gasteiger charge is -2.07. The largest absolute Gasteiger partial charge is 0.370 e. The molecule has 0 aliphatic heterocycles. The normalized spacial score (nSPS) is 11.0. The number of benzene rings is 1. The summed E-state index contributed by atoms with van der Waals surface area (Å²) in [6.45, 7) is 2.92. The van der Waals surface area contributed by atoms with Crippen LogP contribution in [0.3, 0.4) is 0 Å². The van der Waals surface area contributed by atoms with E-state index in [9.17, 15) is 0 Å². The topological polar surface area (TPSA) is 37.8 Å². The molecule has 108 valence electrons. The lowest BCUT2D eigenvalue weighted by molar-refractivity contribution is 1.05. The van der Waals surface area contributed by atoms with Crippen LogP contribution in [0, 0.1) is 0 Å². The first-order valence-electron chi connectivity index (χ1n) is 6.62. The molecule has 2 aromatic heterocycles. The Bertz CT molecular complexity index is 758. The van der Waals surface area contributed by atoms with Gasteiger partial charge in [-0.1, -0.05) is 17.7 Å². The molecular formula is C15H14ClN3S2. The molecule has 0 bridgehead atoms. The maximum Gasteiger partial charge on any atom is 0.142 e. The maximum atomic E-state index is 6.00. The Morgan fingerprint density at radius 2 is 2.19 bits per heavy atom. The van der Waals surface area contributed by atoms with E-state index in [1.54, 1.807) is 23.1 Å². The summed E-state index contributed by atoms with van der Waals surface area (Å²) in [5, 5.41) is 7.21. The second kappa shape index (κ2) is 6.64. The standard InChI is InChI=1S/C15H14ClN3S2/c1-2-17-14-12-6-7-20-15(12)19-13(18-14)9-21-11-5-3-4-10(16)8-11/h3-8H,2,9H2,1H3,(H,17,18,19). The van der Waals surface area contributed by atoms with E-state index in [1.807, 2.05) is 29.6 Å². The molecule has 0 radical (unpaired) electrons. The maximum absolute atomic E-state index is 6.00. The van der Waals surface area contributed by atoms with Crippen LogP contribution >= 0.6 is 34.7 Å². The first kappa shape index (κ1) is 14.6. The lowest BCUT2D eigenvalue weighted by atomic mass is 10.3. The van der Waals surface area contributed by atoms with Gasteiger partial charge in [0, 0.05) is 16.5 Å². The fraction of sp³-hybridized carbons (Fsp3) is 0.200. The zero-order valence-corrected chi connectivity index (χ0v) is 13.9. The highest BCUT2D eigenvalue weighted by atomic mass is 35.5. The smallest absolute Gasteiger partial charge is 0.142 e. The molecule has 0 saturated heterocycles. The van der Waals surface area contributed by atoms with E-state index < -0.39 is 0 Å². The number of rotatable bonds is 5. The molecule has 21 heavy (non-hydrogen) atoms. The van der Waals surface area contributed by atoms with Gasteiger partial charge in [0.1, 0.15) is 16.5 Å². The third-order valence-electron chi connectivity index (χ3n) is 2.88. The minimum absolute atomic E-state index is 0.729. The van der Waals surface area contributed by atoms with Gasteiger partial charge in [-0.2, -0.15) is 0 Å². The predicted molar refractivity (Wildman–Crippen MR) is 92.6 cm³/mol. The van der Waals surface area contributed by atoms with Gasteiger partial charge in [-0.25, -0.2) is 9.97 Å². The number of nitrogens with zero attached hydrogens (tertiary/aromatic N) is 2.